The van der Waals surface area contributed by atoms with Crippen LogP contribution in [0.3, 0.4) is 0 Å². The van der Waals surface area contributed by atoms with E-state index in [9.17, 15) is 14.7 Å². The number of hydrogen-bond donors (Lipinski definition) is 2. The third kappa shape index (κ3) is 4.95. The van der Waals surface area contributed by atoms with Gasteiger partial charge in [0.1, 0.15) is 5.75 Å². The second kappa shape index (κ2) is 9.00. The summed E-state index contributed by atoms with van der Waals surface area (Å²) >= 11 is 0. The Hall–Kier alpha value is -2.12. The SMILES string of the molecule is O=C(O)C(CC(=O)N1CCN(C2CCNCC2)CC1)Oc1ccccc1. The van der Waals surface area contributed by atoms with Crippen molar-refractivity contribution in [3.63, 3.8) is 0 Å². The van der Waals surface area contributed by atoms with Crippen molar-refractivity contribution in [2.24, 2.45) is 0 Å². The summed E-state index contributed by atoms with van der Waals surface area (Å²) in [6.07, 6.45) is 1.00. The first-order valence-electron chi connectivity index (χ1n) is 9.30. The van der Waals surface area contributed by atoms with Crippen LogP contribution in [0.25, 0.3) is 0 Å². The van der Waals surface area contributed by atoms with Crippen LogP contribution >= 0.6 is 0 Å². The minimum atomic E-state index is -1.16. The molecule has 1 unspecified atom stereocenters. The Morgan fingerprint density at radius 1 is 1.12 bits per heavy atom. The van der Waals surface area contributed by atoms with E-state index < -0.39 is 12.1 Å². The van der Waals surface area contributed by atoms with Crippen molar-refractivity contribution in [3.05, 3.63) is 30.3 Å². The molecule has 2 N–H and O–H groups in total. The van der Waals surface area contributed by atoms with E-state index in [1.807, 2.05) is 6.07 Å². The van der Waals surface area contributed by atoms with Gasteiger partial charge in [0.2, 0.25) is 12.0 Å². The van der Waals surface area contributed by atoms with Gasteiger partial charge in [-0.1, -0.05) is 18.2 Å². The molecule has 0 bridgehead atoms. The van der Waals surface area contributed by atoms with Crippen molar-refractivity contribution in [2.45, 2.75) is 31.4 Å². The van der Waals surface area contributed by atoms with Gasteiger partial charge in [0.05, 0.1) is 6.42 Å². The lowest BCUT2D eigenvalue weighted by atomic mass is 10.0. The molecule has 1 amide bonds. The molecule has 2 aliphatic heterocycles. The summed E-state index contributed by atoms with van der Waals surface area (Å²) in [5.41, 5.74) is 0. The Bertz CT molecular complexity index is 596. The number of carboxylic acid groups (broad SMARTS) is 1. The largest absolute Gasteiger partial charge is 0.478 e. The molecule has 0 saturated carbocycles. The van der Waals surface area contributed by atoms with E-state index in [4.69, 9.17) is 4.74 Å². The van der Waals surface area contributed by atoms with Crippen molar-refractivity contribution < 1.29 is 19.4 Å². The predicted octanol–water partition coefficient (Wildman–Crippen LogP) is 0.805. The Morgan fingerprint density at radius 2 is 1.77 bits per heavy atom. The highest BCUT2D eigenvalue weighted by molar-refractivity contribution is 5.84. The number of hydrogen-bond acceptors (Lipinski definition) is 5. The van der Waals surface area contributed by atoms with Crippen molar-refractivity contribution in [1.29, 1.82) is 0 Å². The molecule has 7 nitrogen and oxygen atoms in total. The maximum atomic E-state index is 12.5. The fraction of sp³-hybridized carbons (Fsp3) is 0.579. The van der Waals surface area contributed by atoms with Crippen LogP contribution in [-0.2, 0) is 9.59 Å². The zero-order valence-corrected chi connectivity index (χ0v) is 15.0. The topological polar surface area (TPSA) is 82.1 Å². The van der Waals surface area contributed by atoms with Gasteiger partial charge in [0, 0.05) is 32.2 Å². The molecule has 7 heteroatoms. The molecule has 2 fully saturated rings. The molecule has 1 aromatic rings. The number of piperazine rings is 1. The lowest BCUT2D eigenvalue weighted by Crippen LogP contribution is -2.54. The quantitative estimate of drug-likeness (QED) is 0.780. The number of carbonyl (C=O) groups excluding carboxylic acids is 1. The molecule has 26 heavy (non-hydrogen) atoms. The Labute approximate surface area is 153 Å². The minimum absolute atomic E-state index is 0.141. The fourth-order valence-corrected chi connectivity index (χ4v) is 3.64. The summed E-state index contributed by atoms with van der Waals surface area (Å²) in [5, 5.41) is 12.8. The molecule has 2 aliphatic rings. The van der Waals surface area contributed by atoms with Gasteiger partial charge in [-0.2, -0.15) is 0 Å². The first kappa shape index (κ1) is 18.7. The van der Waals surface area contributed by atoms with Crippen LogP contribution in [0.2, 0.25) is 0 Å². The molecule has 0 aromatic heterocycles. The zero-order valence-electron chi connectivity index (χ0n) is 15.0. The summed E-state index contributed by atoms with van der Waals surface area (Å²) in [5.74, 6) is -0.808. The molecule has 2 saturated heterocycles. The summed E-state index contributed by atoms with van der Waals surface area (Å²) in [6.45, 7) is 5.13. The zero-order chi connectivity index (χ0) is 18.4. The maximum absolute atomic E-state index is 12.5. The van der Waals surface area contributed by atoms with Crippen LogP contribution in [0.5, 0.6) is 5.75 Å². The van der Waals surface area contributed by atoms with Gasteiger partial charge in [-0.05, 0) is 38.1 Å². The smallest absolute Gasteiger partial charge is 0.345 e. The van der Waals surface area contributed by atoms with Crippen LogP contribution in [0.15, 0.2) is 30.3 Å². The number of rotatable bonds is 6. The third-order valence-electron chi connectivity index (χ3n) is 5.15. The molecular weight excluding hydrogens is 334 g/mol. The Kier molecular flexibility index (Phi) is 6.46. The van der Waals surface area contributed by atoms with Gasteiger partial charge in [-0.3, -0.25) is 9.69 Å². The lowest BCUT2D eigenvalue weighted by molar-refractivity contribution is -0.150. The number of piperidine rings is 1. The van der Waals surface area contributed by atoms with Crippen molar-refractivity contribution in [2.75, 3.05) is 39.3 Å². The van der Waals surface area contributed by atoms with Gasteiger partial charge >= 0.3 is 5.97 Å². The van der Waals surface area contributed by atoms with Crippen molar-refractivity contribution in [3.8, 4) is 5.75 Å². The van der Waals surface area contributed by atoms with Gasteiger partial charge in [-0.25, -0.2) is 4.79 Å². The molecule has 3 rings (SSSR count). The Morgan fingerprint density at radius 3 is 2.38 bits per heavy atom. The number of nitrogens with zero attached hydrogens (tertiary/aromatic N) is 2. The van der Waals surface area contributed by atoms with E-state index in [2.05, 4.69) is 10.2 Å². The highest BCUT2D eigenvalue weighted by Crippen LogP contribution is 2.17. The number of benzene rings is 1. The monoisotopic (exact) mass is 361 g/mol. The minimum Gasteiger partial charge on any atom is -0.478 e. The summed E-state index contributed by atoms with van der Waals surface area (Å²) < 4.78 is 5.49. The second-order valence-electron chi connectivity index (χ2n) is 6.86. The molecule has 0 aliphatic carbocycles. The van der Waals surface area contributed by atoms with E-state index in [0.29, 0.717) is 24.9 Å². The molecule has 1 atom stereocenters. The highest BCUT2D eigenvalue weighted by Gasteiger charge is 2.30. The van der Waals surface area contributed by atoms with Crippen LogP contribution in [-0.4, -0.2) is 78.2 Å². The molecule has 0 radical (unpaired) electrons. The van der Waals surface area contributed by atoms with E-state index in [1.54, 1.807) is 29.2 Å². The average Bonchev–Trinajstić information content (AvgIpc) is 2.69. The second-order valence-corrected chi connectivity index (χ2v) is 6.86. The maximum Gasteiger partial charge on any atom is 0.345 e. The van der Waals surface area contributed by atoms with E-state index in [0.717, 1.165) is 39.0 Å². The van der Waals surface area contributed by atoms with Gasteiger partial charge < -0.3 is 20.1 Å². The van der Waals surface area contributed by atoms with Crippen LogP contribution in [0, 0.1) is 0 Å². The van der Waals surface area contributed by atoms with Crippen molar-refractivity contribution in [1.82, 2.24) is 15.1 Å². The standard InChI is InChI=1S/C19H27N3O4/c23-18(14-17(19(24)25)26-16-4-2-1-3-5-16)22-12-10-21(11-13-22)15-6-8-20-9-7-15/h1-5,15,17,20H,6-14H2,(H,24,25). The summed E-state index contributed by atoms with van der Waals surface area (Å²) in [7, 11) is 0. The summed E-state index contributed by atoms with van der Waals surface area (Å²) in [6, 6.07) is 9.36. The number of aliphatic carboxylic acids is 1. The first-order chi connectivity index (χ1) is 12.6. The third-order valence-corrected chi connectivity index (χ3v) is 5.15. The average molecular weight is 361 g/mol. The fourth-order valence-electron chi connectivity index (χ4n) is 3.64. The first-order valence-corrected chi connectivity index (χ1v) is 9.30. The Balaban J connectivity index is 1.49. The number of amides is 1. The predicted molar refractivity (Wildman–Crippen MR) is 97.2 cm³/mol. The van der Waals surface area contributed by atoms with Crippen LogP contribution in [0.4, 0.5) is 0 Å². The number of carbonyl (C=O) groups is 2. The molecule has 142 valence electrons. The van der Waals surface area contributed by atoms with Crippen LogP contribution < -0.4 is 10.1 Å². The molecular formula is C19H27N3O4. The normalized spacial score (nSPS) is 20.5. The van der Waals surface area contributed by atoms with Gasteiger partial charge in [0.15, 0.2) is 0 Å². The highest BCUT2D eigenvalue weighted by atomic mass is 16.5. The summed E-state index contributed by atoms with van der Waals surface area (Å²) in [4.78, 5) is 28.2. The number of nitrogens with one attached hydrogen (secondary N) is 1. The van der Waals surface area contributed by atoms with Crippen LogP contribution in [0.1, 0.15) is 19.3 Å². The van der Waals surface area contributed by atoms with E-state index >= 15 is 0 Å². The number of para-hydroxylation sites is 1. The number of ether oxygens (including phenoxy) is 1. The molecule has 2 heterocycles. The van der Waals surface area contributed by atoms with E-state index in [1.165, 1.54) is 0 Å². The number of carboxylic acids is 1. The molecule has 0 spiro atoms. The van der Waals surface area contributed by atoms with E-state index in [-0.39, 0.29) is 12.3 Å². The molecule has 1 aromatic carbocycles. The van der Waals surface area contributed by atoms with Gasteiger partial charge in [-0.15, -0.1) is 0 Å². The van der Waals surface area contributed by atoms with Gasteiger partial charge in [0.25, 0.3) is 0 Å². The van der Waals surface area contributed by atoms with Crippen molar-refractivity contribution >= 4 is 11.9 Å². The lowest BCUT2D eigenvalue weighted by Gasteiger charge is -2.41.